The van der Waals surface area contributed by atoms with Crippen LogP contribution in [0.3, 0.4) is 0 Å². The normalized spacial score (nSPS) is 11.7. The standard InChI is InChI=1S/C9H14O5Si/c1-12-15(13-2,14-3)9-5-7(10)4-8(11)6-9/h4-6,10-11H,1-3H3. The minimum atomic E-state index is -2.98. The van der Waals surface area contributed by atoms with Crippen molar-refractivity contribution in [2.45, 2.75) is 0 Å². The van der Waals surface area contributed by atoms with Crippen molar-refractivity contribution < 1.29 is 23.5 Å². The molecule has 1 rings (SSSR count). The third kappa shape index (κ3) is 2.29. The van der Waals surface area contributed by atoms with Crippen LogP contribution in [0.2, 0.25) is 0 Å². The van der Waals surface area contributed by atoms with E-state index in [0.29, 0.717) is 5.19 Å². The Morgan fingerprint density at radius 2 is 1.27 bits per heavy atom. The highest BCUT2D eigenvalue weighted by Gasteiger charge is 2.41. The maximum atomic E-state index is 9.34. The van der Waals surface area contributed by atoms with Crippen molar-refractivity contribution in [3.63, 3.8) is 0 Å². The molecular weight excluding hydrogens is 216 g/mol. The van der Waals surface area contributed by atoms with E-state index in [2.05, 4.69) is 0 Å². The number of rotatable bonds is 4. The summed E-state index contributed by atoms with van der Waals surface area (Å²) in [5.74, 6) is -0.124. The van der Waals surface area contributed by atoms with Gasteiger partial charge in [0.15, 0.2) is 0 Å². The van der Waals surface area contributed by atoms with Gasteiger partial charge < -0.3 is 23.5 Å². The van der Waals surface area contributed by atoms with E-state index in [1.165, 1.54) is 39.5 Å². The van der Waals surface area contributed by atoms with Gasteiger partial charge in [-0.25, -0.2) is 0 Å². The van der Waals surface area contributed by atoms with Gasteiger partial charge in [0.25, 0.3) is 0 Å². The summed E-state index contributed by atoms with van der Waals surface area (Å²) in [6.45, 7) is 0. The topological polar surface area (TPSA) is 68.2 Å². The molecule has 0 bridgehead atoms. The highest BCUT2D eigenvalue weighted by Crippen LogP contribution is 2.18. The minimum Gasteiger partial charge on any atom is -0.508 e. The molecule has 6 heteroatoms. The summed E-state index contributed by atoms with van der Waals surface area (Å²) < 4.78 is 15.6. The van der Waals surface area contributed by atoms with Crippen molar-refractivity contribution in [1.82, 2.24) is 0 Å². The van der Waals surface area contributed by atoms with Gasteiger partial charge in [0.2, 0.25) is 0 Å². The van der Waals surface area contributed by atoms with Gasteiger partial charge in [-0.1, -0.05) is 0 Å². The predicted molar refractivity (Wildman–Crippen MR) is 56.2 cm³/mol. The number of benzene rings is 1. The van der Waals surface area contributed by atoms with Crippen LogP contribution in [0, 0.1) is 0 Å². The van der Waals surface area contributed by atoms with E-state index in [1.807, 2.05) is 0 Å². The van der Waals surface area contributed by atoms with Gasteiger partial charge in [-0.15, -0.1) is 0 Å². The highest BCUT2D eigenvalue weighted by molar-refractivity contribution is 6.75. The molecule has 0 fully saturated rings. The molecule has 5 nitrogen and oxygen atoms in total. The molecule has 0 amide bonds. The van der Waals surface area contributed by atoms with Crippen LogP contribution in [-0.4, -0.2) is 40.3 Å². The zero-order chi connectivity index (χ0) is 11.5. The second-order valence-electron chi connectivity index (χ2n) is 2.91. The summed E-state index contributed by atoms with van der Waals surface area (Å²) in [5, 5.41) is 19.2. The fourth-order valence-corrected chi connectivity index (χ4v) is 3.23. The molecule has 0 spiro atoms. The largest absolute Gasteiger partial charge is 0.536 e. The molecule has 0 aliphatic rings. The van der Waals surface area contributed by atoms with E-state index in [0.717, 1.165) is 0 Å². The van der Waals surface area contributed by atoms with E-state index in [4.69, 9.17) is 13.3 Å². The summed E-state index contributed by atoms with van der Waals surface area (Å²) >= 11 is 0. The number of aromatic hydroxyl groups is 2. The summed E-state index contributed by atoms with van der Waals surface area (Å²) in [6.07, 6.45) is 0. The maximum absolute atomic E-state index is 9.34. The molecule has 0 radical (unpaired) electrons. The van der Waals surface area contributed by atoms with Crippen molar-refractivity contribution in [2.75, 3.05) is 21.3 Å². The predicted octanol–water partition coefficient (Wildman–Crippen LogP) is 0.183. The van der Waals surface area contributed by atoms with Crippen LogP contribution in [0.5, 0.6) is 11.5 Å². The number of hydrogen-bond donors (Lipinski definition) is 2. The van der Waals surface area contributed by atoms with Gasteiger partial charge in [0.1, 0.15) is 11.5 Å². The lowest BCUT2D eigenvalue weighted by atomic mass is 10.3. The quantitative estimate of drug-likeness (QED) is 0.722. The van der Waals surface area contributed by atoms with E-state index in [9.17, 15) is 10.2 Å². The molecule has 0 unspecified atom stereocenters. The third-order valence-electron chi connectivity index (χ3n) is 2.06. The average Bonchev–Trinajstić information content (AvgIpc) is 2.20. The molecule has 2 N–H and O–H groups in total. The lowest BCUT2D eigenvalue weighted by Crippen LogP contribution is -2.54. The Labute approximate surface area is 89.2 Å². The Bertz CT molecular complexity index is 309. The van der Waals surface area contributed by atoms with Crippen LogP contribution < -0.4 is 5.19 Å². The minimum absolute atomic E-state index is 0.0620. The van der Waals surface area contributed by atoms with Crippen molar-refractivity contribution in [2.24, 2.45) is 0 Å². The van der Waals surface area contributed by atoms with Gasteiger partial charge >= 0.3 is 8.80 Å². The van der Waals surface area contributed by atoms with Gasteiger partial charge in [0.05, 0.1) is 0 Å². The fraction of sp³-hybridized carbons (Fsp3) is 0.333. The Hall–Kier alpha value is -1.08. The summed E-state index contributed by atoms with van der Waals surface area (Å²) in [5.41, 5.74) is 0. The first-order valence-corrected chi connectivity index (χ1v) is 5.99. The molecule has 15 heavy (non-hydrogen) atoms. The first-order valence-electron chi connectivity index (χ1n) is 4.27. The van der Waals surface area contributed by atoms with E-state index in [-0.39, 0.29) is 11.5 Å². The molecule has 0 saturated carbocycles. The van der Waals surface area contributed by atoms with Crippen LogP contribution in [0.15, 0.2) is 18.2 Å². The van der Waals surface area contributed by atoms with E-state index < -0.39 is 8.80 Å². The molecule has 0 aromatic heterocycles. The Balaban J connectivity index is 3.22. The Kier molecular flexibility index (Phi) is 3.70. The summed E-state index contributed by atoms with van der Waals surface area (Å²) in [7, 11) is 1.40. The maximum Gasteiger partial charge on any atom is 0.536 e. The molecular formula is C9H14O5Si. The number of phenols is 2. The van der Waals surface area contributed by atoms with Crippen molar-refractivity contribution in [3.8, 4) is 11.5 Å². The summed E-state index contributed by atoms with van der Waals surface area (Å²) in [6, 6.07) is 4.12. The Morgan fingerprint density at radius 3 is 1.60 bits per heavy atom. The van der Waals surface area contributed by atoms with E-state index >= 15 is 0 Å². The second kappa shape index (κ2) is 4.62. The molecule has 0 saturated heterocycles. The molecule has 84 valence electrons. The third-order valence-corrected chi connectivity index (χ3v) is 4.67. The van der Waals surface area contributed by atoms with Crippen LogP contribution in [0.4, 0.5) is 0 Å². The molecule has 1 aromatic rings. The first kappa shape index (κ1) is 12.0. The molecule has 0 aliphatic heterocycles. The number of phenolic OH excluding ortho intramolecular Hbond substituents is 2. The second-order valence-corrected chi connectivity index (χ2v) is 5.82. The van der Waals surface area contributed by atoms with Crippen LogP contribution in [-0.2, 0) is 13.3 Å². The van der Waals surface area contributed by atoms with Gasteiger partial charge in [0, 0.05) is 32.6 Å². The lowest BCUT2D eigenvalue weighted by molar-refractivity contribution is 0.140. The SMILES string of the molecule is CO[Si](OC)(OC)c1cc(O)cc(O)c1. The van der Waals surface area contributed by atoms with Crippen LogP contribution in [0.25, 0.3) is 0 Å². The van der Waals surface area contributed by atoms with Crippen molar-refractivity contribution in [1.29, 1.82) is 0 Å². The monoisotopic (exact) mass is 230 g/mol. The van der Waals surface area contributed by atoms with Crippen molar-refractivity contribution >= 4 is 14.0 Å². The van der Waals surface area contributed by atoms with Crippen LogP contribution >= 0.6 is 0 Å². The molecule has 0 aliphatic carbocycles. The molecule has 0 heterocycles. The fourth-order valence-electron chi connectivity index (χ4n) is 1.38. The smallest absolute Gasteiger partial charge is 0.508 e. The van der Waals surface area contributed by atoms with Crippen molar-refractivity contribution in [3.05, 3.63) is 18.2 Å². The Morgan fingerprint density at radius 1 is 0.867 bits per heavy atom. The van der Waals surface area contributed by atoms with E-state index in [1.54, 1.807) is 0 Å². The average molecular weight is 230 g/mol. The zero-order valence-electron chi connectivity index (χ0n) is 8.85. The van der Waals surface area contributed by atoms with Gasteiger partial charge in [-0.3, -0.25) is 0 Å². The zero-order valence-corrected chi connectivity index (χ0v) is 9.85. The molecule has 0 atom stereocenters. The number of hydrogen-bond acceptors (Lipinski definition) is 5. The first-order chi connectivity index (χ1) is 7.07. The van der Waals surface area contributed by atoms with Crippen LogP contribution in [0.1, 0.15) is 0 Å². The molecule has 1 aromatic carbocycles. The highest BCUT2D eigenvalue weighted by atomic mass is 28.4. The summed E-state index contributed by atoms with van der Waals surface area (Å²) in [4.78, 5) is 0. The van der Waals surface area contributed by atoms with Gasteiger partial charge in [-0.05, 0) is 12.1 Å². The lowest BCUT2D eigenvalue weighted by Gasteiger charge is -2.24. The van der Waals surface area contributed by atoms with Gasteiger partial charge in [-0.2, -0.15) is 0 Å².